The zero-order chi connectivity index (χ0) is 18.0. The molecule has 1 aliphatic carbocycles. The summed E-state index contributed by atoms with van der Waals surface area (Å²) < 4.78 is 11.0. The zero-order valence-electron chi connectivity index (χ0n) is 14.8. The second-order valence-electron chi connectivity index (χ2n) is 7.42. The van der Waals surface area contributed by atoms with Gasteiger partial charge in [0.2, 0.25) is 5.91 Å². The van der Waals surface area contributed by atoms with E-state index in [9.17, 15) is 9.90 Å². The van der Waals surface area contributed by atoms with E-state index in [4.69, 9.17) is 9.15 Å². The van der Waals surface area contributed by atoms with Crippen LogP contribution in [0.1, 0.15) is 37.0 Å². The maximum atomic E-state index is 13.3. The van der Waals surface area contributed by atoms with E-state index in [1.165, 1.54) is 0 Å². The lowest BCUT2D eigenvalue weighted by Gasteiger charge is -2.37. The van der Waals surface area contributed by atoms with Gasteiger partial charge in [-0.25, -0.2) is 0 Å². The summed E-state index contributed by atoms with van der Waals surface area (Å²) in [6.45, 7) is 1.29. The summed E-state index contributed by atoms with van der Waals surface area (Å²) in [5, 5.41) is 14.2. The number of benzene rings is 1. The number of carbonyl (C=O) groups excluding carboxylic acids is 1. The summed E-state index contributed by atoms with van der Waals surface area (Å²) in [7, 11) is 0. The van der Waals surface area contributed by atoms with E-state index in [-0.39, 0.29) is 18.4 Å². The molecule has 1 saturated heterocycles. The number of aliphatic hydroxyl groups is 1. The minimum Gasteiger partial charge on any atom is -0.466 e. The first kappa shape index (κ1) is 17.3. The molecule has 1 saturated carbocycles. The highest BCUT2D eigenvalue weighted by molar-refractivity contribution is 5.88. The van der Waals surface area contributed by atoms with Crippen molar-refractivity contribution in [1.29, 1.82) is 0 Å². The summed E-state index contributed by atoms with van der Waals surface area (Å²) >= 11 is 0. The molecule has 1 aliphatic heterocycles. The molecule has 138 valence electrons. The Kier molecular flexibility index (Phi) is 4.59. The highest BCUT2D eigenvalue weighted by Gasteiger charge is 2.49. The second-order valence-corrected chi connectivity index (χ2v) is 7.42. The maximum Gasteiger partial charge on any atom is 0.230 e. The van der Waals surface area contributed by atoms with Gasteiger partial charge in [0.1, 0.15) is 11.4 Å². The molecule has 26 heavy (non-hydrogen) atoms. The Morgan fingerprint density at radius 3 is 2.50 bits per heavy atom. The number of ether oxygens (including phenoxy) is 1. The summed E-state index contributed by atoms with van der Waals surface area (Å²) in [5.74, 6) is 0.620. The Morgan fingerprint density at radius 1 is 1.15 bits per heavy atom. The quantitative estimate of drug-likeness (QED) is 0.836. The van der Waals surface area contributed by atoms with Gasteiger partial charge in [0.05, 0.1) is 18.2 Å². The Morgan fingerprint density at radius 2 is 1.88 bits per heavy atom. The molecule has 5 nitrogen and oxygen atoms in total. The van der Waals surface area contributed by atoms with Crippen LogP contribution in [0.4, 0.5) is 0 Å². The van der Waals surface area contributed by atoms with E-state index in [1.807, 2.05) is 30.3 Å². The number of carbonyl (C=O) groups is 1. The Balaban J connectivity index is 1.55. The molecule has 2 N–H and O–H groups in total. The zero-order valence-corrected chi connectivity index (χ0v) is 14.8. The van der Waals surface area contributed by atoms with E-state index < -0.39 is 11.0 Å². The molecule has 2 aromatic rings. The molecular weight excluding hydrogens is 330 g/mol. The monoisotopic (exact) mass is 355 g/mol. The average Bonchev–Trinajstić information content (AvgIpc) is 3.41. The number of amides is 1. The summed E-state index contributed by atoms with van der Waals surface area (Å²) in [6, 6.07) is 13.4. The fourth-order valence-corrected chi connectivity index (χ4v) is 4.03. The van der Waals surface area contributed by atoms with Crippen LogP contribution >= 0.6 is 0 Å². The van der Waals surface area contributed by atoms with E-state index in [1.54, 1.807) is 18.4 Å². The van der Waals surface area contributed by atoms with Crippen LogP contribution in [0.2, 0.25) is 0 Å². The largest absolute Gasteiger partial charge is 0.466 e. The van der Waals surface area contributed by atoms with Crippen LogP contribution in [-0.2, 0) is 20.5 Å². The highest BCUT2D eigenvalue weighted by atomic mass is 16.5. The molecule has 2 aliphatic rings. The van der Waals surface area contributed by atoms with Crippen molar-refractivity contribution >= 4 is 5.91 Å². The number of nitrogens with one attached hydrogen (secondary N) is 1. The molecule has 4 rings (SSSR count). The highest BCUT2D eigenvalue weighted by Crippen LogP contribution is 2.46. The van der Waals surface area contributed by atoms with Crippen LogP contribution < -0.4 is 5.32 Å². The summed E-state index contributed by atoms with van der Waals surface area (Å²) in [4.78, 5) is 13.3. The predicted octanol–water partition coefficient (Wildman–Crippen LogP) is 2.74. The molecule has 0 radical (unpaired) electrons. The molecule has 2 fully saturated rings. The Bertz CT molecular complexity index is 733. The topological polar surface area (TPSA) is 71.7 Å². The van der Waals surface area contributed by atoms with Crippen LogP contribution in [0, 0.1) is 5.92 Å². The van der Waals surface area contributed by atoms with Gasteiger partial charge in [-0.2, -0.15) is 0 Å². The van der Waals surface area contributed by atoms with Crippen molar-refractivity contribution in [2.24, 2.45) is 5.92 Å². The van der Waals surface area contributed by atoms with Gasteiger partial charge >= 0.3 is 0 Å². The van der Waals surface area contributed by atoms with Gasteiger partial charge in [-0.1, -0.05) is 30.3 Å². The first-order valence-electron chi connectivity index (χ1n) is 9.33. The van der Waals surface area contributed by atoms with Gasteiger partial charge in [0, 0.05) is 13.2 Å². The van der Waals surface area contributed by atoms with E-state index >= 15 is 0 Å². The van der Waals surface area contributed by atoms with Crippen LogP contribution in [0.15, 0.2) is 53.1 Å². The molecule has 1 unspecified atom stereocenters. The molecular formula is C21H25NO4. The third-order valence-electron chi connectivity index (χ3n) is 5.83. The number of furan rings is 1. The van der Waals surface area contributed by atoms with Gasteiger partial charge in [-0.15, -0.1) is 0 Å². The SMILES string of the molecule is O=C(NCC(O)(c1ccco1)C1CC1)C1(c2ccccc2)CCOCC1. The molecule has 2 heterocycles. The fourth-order valence-electron chi connectivity index (χ4n) is 4.03. The average molecular weight is 355 g/mol. The van der Waals surface area contributed by atoms with Crippen molar-refractivity contribution in [2.75, 3.05) is 19.8 Å². The first-order valence-corrected chi connectivity index (χ1v) is 9.33. The Labute approximate surface area is 153 Å². The smallest absolute Gasteiger partial charge is 0.230 e. The molecule has 0 spiro atoms. The van der Waals surface area contributed by atoms with Gasteiger partial charge < -0.3 is 19.6 Å². The lowest BCUT2D eigenvalue weighted by Crippen LogP contribution is -2.52. The van der Waals surface area contributed by atoms with E-state index in [0.717, 1.165) is 18.4 Å². The number of hydrogen-bond acceptors (Lipinski definition) is 4. The normalized spacial score (nSPS) is 21.7. The Hall–Kier alpha value is -2.11. The minimum atomic E-state index is -1.14. The van der Waals surface area contributed by atoms with E-state index in [2.05, 4.69) is 5.32 Å². The van der Waals surface area contributed by atoms with Crippen molar-refractivity contribution in [1.82, 2.24) is 5.32 Å². The van der Waals surface area contributed by atoms with Gasteiger partial charge in [0.25, 0.3) is 0 Å². The molecule has 0 bridgehead atoms. The van der Waals surface area contributed by atoms with Crippen molar-refractivity contribution < 1.29 is 19.1 Å². The number of hydrogen-bond donors (Lipinski definition) is 2. The van der Waals surface area contributed by atoms with Crippen LogP contribution in [-0.4, -0.2) is 30.8 Å². The summed E-state index contributed by atoms with van der Waals surface area (Å²) in [5.41, 5.74) is -0.733. The third-order valence-corrected chi connectivity index (χ3v) is 5.83. The van der Waals surface area contributed by atoms with Crippen molar-refractivity contribution in [3.8, 4) is 0 Å². The maximum absolute atomic E-state index is 13.3. The summed E-state index contributed by atoms with van der Waals surface area (Å²) in [6.07, 6.45) is 4.75. The first-order chi connectivity index (χ1) is 12.7. The lowest BCUT2D eigenvalue weighted by molar-refractivity contribution is -0.132. The van der Waals surface area contributed by atoms with Gasteiger partial charge in [0.15, 0.2) is 0 Å². The standard InChI is InChI=1S/C21H25NO4/c23-19(20(10-13-25-14-11-20)16-5-2-1-3-6-16)22-15-21(24,17-8-9-17)18-7-4-12-26-18/h1-7,12,17,24H,8-11,13-15H2,(H,22,23). The second kappa shape index (κ2) is 6.89. The number of rotatable bonds is 6. The van der Waals surface area contributed by atoms with Crippen LogP contribution in [0.5, 0.6) is 0 Å². The predicted molar refractivity (Wildman–Crippen MR) is 96.5 cm³/mol. The molecule has 1 amide bonds. The molecule has 1 atom stereocenters. The van der Waals surface area contributed by atoms with Crippen molar-refractivity contribution in [2.45, 2.75) is 36.7 Å². The van der Waals surface area contributed by atoms with Crippen LogP contribution in [0.3, 0.4) is 0 Å². The molecule has 5 heteroatoms. The van der Waals surface area contributed by atoms with Gasteiger partial charge in [-0.05, 0) is 49.3 Å². The van der Waals surface area contributed by atoms with Gasteiger partial charge in [-0.3, -0.25) is 4.79 Å². The van der Waals surface area contributed by atoms with Crippen molar-refractivity contribution in [3.05, 3.63) is 60.1 Å². The lowest BCUT2D eigenvalue weighted by atomic mass is 9.73. The van der Waals surface area contributed by atoms with Crippen LogP contribution in [0.25, 0.3) is 0 Å². The third kappa shape index (κ3) is 3.06. The molecule has 1 aromatic carbocycles. The van der Waals surface area contributed by atoms with E-state index in [0.29, 0.717) is 31.8 Å². The molecule has 1 aromatic heterocycles. The fraction of sp³-hybridized carbons (Fsp3) is 0.476. The van der Waals surface area contributed by atoms with Crippen molar-refractivity contribution in [3.63, 3.8) is 0 Å². The minimum absolute atomic E-state index is 0.0439.